The number of hydrazone groups is 1. The Morgan fingerprint density at radius 2 is 1.89 bits per heavy atom. The fourth-order valence-electron chi connectivity index (χ4n) is 4.38. The second kappa shape index (κ2) is 6.24. The summed E-state index contributed by atoms with van der Waals surface area (Å²) < 4.78 is 7.67. The first kappa shape index (κ1) is 17.1. The Kier molecular flexibility index (Phi) is 3.95. The van der Waals surface area contributed by atoms with Gasteiger partial charge < -0.3 is 14.7 Å². The first-order valence-electron chi connectivity index (χ1n) is 9.37. The van der Waals surface area contributed by atoms with Crippen LogP contribution in [0.15, 0.2) is 52.0 Å². The number of piperidine rings is 1. The van der Waals surface area contributed by atoms with Crippen molar-refractivity contribution in [1.82, 2.24) is 9.91 Å². The molecule has 1 saturated heterocycles. The van der Waals surface area contributed by atoms with Gasteiger partial charge in [-0.3, -0.25) is 0 Å². The fourth-order valence-corrected chi connectivity index (χ4v) is 4.76. The minimum Gasteiger partial charge on any atom is -0.508 e. The van der Waals surface area contributed by atoms with E-state index in [0.29, 0.717) is 0 Å². The number of halogens is 1. The van der Waals surface area contributed by atoms with Gasteiger partial charge in [0.1, 0.15) is 11.5 Å². The van der Waals surface area contributed by atoms with E-state index in [1.807, 2.05) is 18.2 Å². The first-order chi connectivity index (χ1) is 13.0. The number of phenolic OH excluding ortho intramolecular Hbond substituents is 1. The molecule has 1 fully saturated rings. The van der Waals surface area contributed by atoms with Crippen LogP contribution in [0.25, 0.3) is 0 Å². The molecule has 3 aliphatic heterocycles. The molecule has 3 aliphatic rings. The number of fused-ring (bicyclic) bond motifs is 4. The number of rotatable bonds is 1. The van der Waals surface area contributed by atoms with Crippen LogP contribution in [-0.4, -0.2) is 46.6 Å². The van der Waals surface area contributed by atoms with E-state index in [2.05, 4.69) is 45.0 Å². The van der Waals surface area contributed by atoms with E-state index >= 15 is 0 Å². The first-order valence-corrected chi connectivity index (χ1v) is 10.2. The van der Waals surface area contributed by atoms with Gasteiger partial charge in [0.25, 0.3) is 0 Å². The van der Waals surface area contributed by atoms with Gasteiger partial charge in [0.05, 0.1) is 11.8 Å². The smallest absolute Gasteiger partial charge is 0.200 e. The van der Waals surface area contributed by atoms with Crippen molar-refractivity contribution < 1.29 is 9.84 Å². The quantitative estimate of drug-likeness (QED) is 0.743. The van der Waals surface area contributed by atoms with Gasteiger partial charge in [-0.05, 0) is 55.1 Å². The molecule has 5 nitrogen and oxygen atoms in total. The van der Waals surface area contributed by atoms with Crippen LogP contribution in [0.3, 0.4) is 0 Å². The summed E-state index contributed by atoms with van der Waals surface area (Å²) in [6.07, 6.45) is 2.71. The lowest BCUT2D eigenvalue weighted by molar-refractivity contribution is -0.147. The Bertz CT molecular complexity index is 904. The molecule has 0 bridgehead atoms. The van der Waals surface area contributed by atoms with Gasteiger partial charge in [0.15, 0.2) is 0 Å². The van der Waals surface area contributed by atoms with E-state index in [1.165, 1.54) is 5.56 Å². The van der Waals surface area contributed by atoms with Crippen LogP contribution in [-0.2, 0) is 0 Å². The monoisotopic (exact) mass is 427 g/mol. The molecule has 0 aromatic heterocycles. The van der Waals surface area contributed by atoms with Crippen molar-refractivity contribution in [2.75, 3.05) is 20.1 Å². The van der Waals surface area contributed by atoms with Crippen LogP contribution in [0.5, 0.6) is 11.5 Å². The lowest BCUT2D eigenvalue weighted by atomic mass is 9.91. The summed E-state index contributed by atoms with van der Waals surface area (Å²) in [5.41, 5.74) is 2.92. The van der Waals surface area contributed by atoms with Gasteiger partial charge in [0.2, 0.25) is 5.72 Å². The van der Waals surface area contributed by atoms with Crippen molar-refractivity contribution >= 4 is 21.6 Å². The highest BCUT2D eigenvalue weighted by Crippen LogP contribution is 2.50. The van der Waals surface area contributed by atoms with E-state index < -0.39 is 0 Å². The second-order valence-corrected chi connectivity index (χ2v) is 8.61. The lowest BCUT2D eigenvalue weighted by Gasteiger charge is -2.50. The molecule has 3 heterocycles. The second-order valence-electron chi connectivity index (χ2n) is 7.69. The normalized spacial score (nSPS) is 23.6. The average Bonchev–Trinajstić information content (AvgIpc) is 3.12. The van der Waals surface area contributed by atoms with E-state index in [1.54, 1.807) is 12.1 Å². The molecule has 0 unspecified atom stereocenters. The van der Waals surface area contributed by atoms with Crippen LogP contribution in [0.2, 0.25) is 0 Å². The summed E-state index contributed by atoms with van der Waals surface area (Å²) >= 11 is 3.60. The molecular formula is C21H22BrN3O2. The molecule has 2 aromatic rings. The fraction of sp³-hybridized carbons (Fsp3) is 0.381. The predicted molar refractivity (Wildman–Crippen MR) is 108 cm³/mol. The molecule has 6 heteroatoms. The van der Waals surface area contributed by atoms with Crippen molar-refractivity contribution in [3.63, 3.8) is 0 Å². The molecule has 1 atom stereocenters. The predicted octanol–water partition coefficient (Wildman–Crippen LogP) is 4.12. The molecule has 140 valence electrons. The van der Waals surface area contributed by atoms with Gasteiger partial charge in [-0.1, -0.05) is 15.9 Å². The van der Waals surface area contributed by atoms with Gasteiger partial charge in [-0.25, -0.2) is 5.01 Å². The Hall–Kier alpha value is -2.05. The Morgan fingerprint density at radius 1 is 1.15 bits per heavy atom. The number of hydrogen-bond donors (Lipinski definition) is 1. The molecule has 27 heavy (non-hydrogen) atoms. The lowest BCUT2D eigenvalue weighted by Crippen LogP contribution is -2.58. The topological polar surface area (TPSA) is 48.3 Å². The van der Waals surface area contributed by atoms with Gasteiger partial charge in [-0.2, -0.15) is 5.10 Å². The third kappa shape index (κ3) is 2.82. The SMILES string of the molecule is CN1CCC2(CC1)Oc1ccc(Br)cc1[C@@H]1CC(c3ccc(O)cc3)=NN12. The molecule has 1 spiro atoms. The van der Waals surface area contributed by atoms with Crippen LogP contribution in [0, 0.1) is 0 Å². The Labute approximate surface area is 167 Å². The minimum atomic E-state index is -0.378. The molecule has 0 radical (unpaired) electrons. The summed E-state index contributed by atoms with van der Waals surface area (Å²) in [4.78, 5) is 2.35. The van der Waals surface area contributed by atoms with Gasteiger partial charge in [0, 0.05) is 42.4 Å². The summed E-state index contributed by atoms with van der Waals surface area (Å²) in [5, 5.41) is 16.9. The van der Waals surface area contributed by atoms with E-state index in [0.717, 1.165) is 53.8 Å². The van der Waals surface area contributed by atoms with Crippen molar-refractivity contribution in [2.24, 2.45) is 5.10 Å². The highest BCUT2D eigenvalue weighted by Gasteiger charge is 2.51. The summed E-state index contributed by atoms with van der Waals surface area (Å²) in [7, 11) is 2.16. The number of benzene rings is 2. The third-order valence-corrected chi connectivity index (χ3v) is 6.42. The highest BCUT2D eigenvalue weighted by atomic mass is 79.9. The molecular weight excluding hydrogens is 406 g/mol. The molecule has 1 N–H and O–H groups in total. The zero-order chi connectivity index (χ0) is 18.6. The van der Waals surface area contributed by atoms with Gasteiger partial charge in [-0.15, -0.1) is 0 Å². The number of nitrogens with zero attached hydrogens (tertiary/aromatic N) is 3. The molecule has 5 rings (SSSR count). The largest absolute Gasteiger partial charge is 0.508 e. The maximum absolute atomic E-state index is 9.61. The molecule has 0 aliphatic carbocycles. The number of aromatic hydroxyl groups is 1. The Morgan fingerprint density at radius 3 is 2.63 bits per heavy atom. The zero-order valence-corrected chi connectivity index (χ0v) is 16.8. The van der Waals surface area contributed by atoms with Crippen molar-refractivity contribution in [1.29, 1.82) is 0 Å². The van der Waals surface area contributed by atoms with Crippen molar-refractivity contribution in [3.05, 3.63) is 58.1 Å². The van der Waals surface area contributed by atoms with Crippen LogP contribution >= 0.6 is 15.9 Å². The summed E-state index contributed by atoms with van der Waals surface area (Å²) in [5.74, 6) is 1.26. The molecule has 0 saturated carbocycles. The minimum absolute atomic E-state index is 0.179. The maximum atomic E-state index is 9.61. The summed E-state index contributed by atoms with van der Waals surface area (Å²) in [6.45, 7) is 2.00. The van der Waals surface area contributed by atoms with Crippen LogP contribution in [0.4, 0.5) is 0 Å². The van der Waals surface area contributed by atoms with Gasteiger partial charge >= 0.3 is 0 Å². The number of ether oxygens (including phenoxy) is 1. The highest BCUT2D eigenvalue weighted by molar-refractivity contribution is 9.10. The third-order valence-electron chi connectivity index (χ3n) is 5.93. The standard InChI is InChI=1S/C21H22BrN3O2/c1-24-10-8-21(9-11-24)25-19(17-12-15(22)4-7-20(17)27-21)13-18(23-25)14-2-5-16(26)6-3-14/h2-7,12,19,26H,8-11,13H2,1H3/t19-/m0/s1. The maximum Gasteiger partial charge on any atom is 0.200 e. The van der Waals surface area contributed by atoms with E-state index in [4.69, 9.17) is 9.84 Å². The van der Waals surface area contributed by atoms with Crippen molar-refractivity contribution in [2.45, 2.75) is 31.0 Å². The molecule has 2 aromatic carbocycles. The number of likely N-dealkylation sites (tertiary alicyclic amines) is 1. The Balaban J connectivity index is 1.58. The van der Waals surface area contributed by atoms with Crippen molar-refractivity contribution in [3.8, 4) is 11.5 Å². The number of phenols is 1. The summed E-state index contributed by atoms with van der Waals surface area (Å²) in [6, 6.07) is 13.8. The van der Waals surface area contributed by atoms with Crippen LogP contribution < -0.4 is 4.74 Å². The zero-order valence-electron chi connectivity index (χ0n) is 15.2. The van der Waals surface area contributed by atoms with Crippen LogP contribution in [0.1, 0.15) is 36.4 Å². The van der Waals surface area contributed by atoms with E-state index in [-0.39, 0.29) is 17.5 Å². The average molecular weight is 428 g/mol. The number of hydrogen-bond acceptors (Lipinski definition) is 5. The van der Waals surface area contributed by atoms with E-state index in [9.17, 15) is 5.11 Å². The molecule has 0 amide bonds.